The molecule has 1 saturated heterocycles. The number of rotatable bonds is 3. The molecule has 2 rings (SSSR count). The molecule has 1 aromatic carbocycles. The number of ether oxygens (including phenoxy) is 2. The van der Waals surface area contributed by atoms with E-state index in [2.05, 4.69) is 15.9 Å². The van der Waals surface area contributed by atoms with Crippen LogP contribution in [0.4, 0.5) is 4.39 Å². The molecule has 0 aromatic heterocycles. The van der Waals surface area contributed by atoms with Gasteiger partial charge in [0, 0.05) is 17.7 Å². The largest absolute Gasteiger partial charge is 0.490 e. The fraction of sp³-hybridized carbons (Fsp3) is 0.500. The van der Waals surface area contributed by atoms with Gasteiger partial charge in [0.05, 0.1) is 6.61 Å². The summed E-state index contributed by atoms with van der Waals surface area (Å²) in [6, 6.07) is 4.85. The van der Waals surface area contributed by atoms with E-state index >= 15 is 0 Å². The van der Waals surface area contributed by atoms with Crippen LogP contribution in [0.15, 0.2) is 22.7 Å². The Bertz CT molecular complexity index is 351. The monoisotopic (exact) mass is 288 g/mol. The lowest BCUT2D eigenvalue weighted by Gasteiger charge is -2.22. The molecule has 1 aromatic rings. The van der Waals surface area contributed by atoms with Crippen molar-refractivity contribution in [1.29, 1.82) is 0 Å². The van der Waals surface area contributed by atoms with Gasteiger partial charge < -0.3 is 9.47 Å². The average molecular weight is 289 g/mol. The van der Waals surface area contributed by atoms with Gasteiger partial charge >= 0.3 is 0 Å². The zero-order valence-electron chi connectivity index (χ0n) is 8.92. The first-order valence-electron chi connectivity index (χ1n) is 5.41. The second-order valence-corrected chi connectivity index (χ2v) is 4.86. The highest BCUT2D eigenvalue weighted by Gasteiger charge is 2.15. The summed E-state index contributed by atoms with van der Waals surface area (Å²) in [6.45, 7) is 2.15. The number of halogens is 2. The van der Waals surface area contributed by atoms with Crippen molar-refractivity contribution >= 4 is 15.9 Å². The Hall–Kier alpha value is -0.610. The number of hydrogen-bond acceptors (Lipinski definition) is 2. The maximum atomic E-state index is 13.4. The lowest BCUT2D eigenvalue weighted by atomic mass is 10.0. The second kappa shape index (κ2) is 5.64. The van der Waals surface area contributed by atoms with E-state index in [1.807, 2.05) is 0 Å². The standard InChI is InChI=1S/C12H14BrFO2/c13-10-1-2-12(11(14)7-10)16-8-9-3-5-15-6-4-9/h1-2,7,9H,3-6,8H2. The van der Waals surface area contributed by atoms with Gasteiger partial charge in [-0.25, -0.2) is 4.39 Å². The molecule has 0 radical (unpaired) electrons. The van der Waals surface area contributed by atoms with E-state index in [0.29, 0.717) is 18.3 Å². The van der Waals surface area contributed by atoms with Crippen LogP contribution in [0.1, 0.15) is 12.8 Å². The molecule has 1 fully saturated rings. The van der Waals surface area contributed by atoms with E-state index in [-0.39, 0.29) is 5.82 Å². The third-order valence-corrected chi connectivity index (χ3v) is 3.20. The third-order valence-electron chi connectivity index (χ3n) is 2.71. The molecule has 0 bridgehead atoms. The Morgan fingerprint density at radius 1 is 1.38 bits per heavy atom. The highest BCUT2D eigenvalue weighted by molar-refractivity contribution is 9.10. The van der Waals surface area contributed by atoms with E-state index in [1.54, 1.807) is 12.1 Å². The van der Waals surface area contributed by atoms with Gasteiger partial charge in [0.2, 0.25) is 0 Å². The Labute approximate surface area is 103 Å². The summed E-state index contributed by atoms with van der Waals surface area (Å²) in [5.74, 6) is 0.493. The minimum absolute atomic E-state index is 0.318. The van der Waals surface area contributed by atoms with E-state index in [1.165, 1.54) is 6.07 Å². The molecule has 16 heavy (non-hydrogen) atoms. The summed E-state index contributed by atoms with van der Waals surface area (Å²) in [7, 11) is 0. The van der Waals surface area contributed by atoms with Crippen molar-refractivity contribution in [1.82, 2.24) is 0 Å². The smallest absolute Gasteiger partial charge is 0.166 e. The summed E-state index contributed by atoms with van der Waals surface area (Å²) in [6.07, 6.45) is 2.00. The van der Waals surface area contributed by atoms with Crippen molar-refractivity contribution in [2.45, 2.75) is 12.8 Å². The fourth-order valence-corrected chi connectivity index (χ4v) is 2.05. The van der Waals surface area contributed by atoms with Crippen LogP contribution in [-0.2, 0) is 4.74 Å². The molecule has 1 heterocycles. The second-order valence-electron chi connectivity index (χ2n) is 3.94. The van der Waals surface area contributed by atoms with E-state index in [0.717, 1.165) is 30.5 Å². The fourth-order valence-electron chi connectivity index (χ4n) is 1.71. The lowest BCUT2D eigenvalue weighted by molar-refractivity contribution is 0.0491. The minimum atomic E-state index is -0.318. The third kappa shape index (κ3) is 3.19. The molecule has 0 aliphatic carbocycles. The van der Waals surface area contributed by atoms with Crippen LogP contribution < -0.4 is 4.74 Å². The van der Waals surface area contributed by atoms with Crippen molar-refractivity contribution in [2.75, 3.05) is 19.8 Å². The van der Waals surface area contributed by atoms with E-state index < -0.39 is 0 Å². The molecule has 1 aliphatic heterocycles. The Morgan fingerprint density at radius 3 is 2.81 bits per heavy atom. The van der Waals surface area contributed by atoms with Crippen LogP contribution in [0.3, 0.4) is 0 Å². The predicted molar refractivity (Wildman–Crippen MR) is 63.1 cm³/mol. The van der Waals surface area contributed by atoms with Gasteiger partial charge in [-0.3, -0.25) is 0 Å². The number of hydrogen-bond donors (Lipinski definition) is 0. The zero-order chi connectivity index (χ0) is 11.4. The topological polar surface area (TPSA) is 18.5 Å². The van der Waals surface area contributed by atoms with Crippen LogP contribution in [0.2, 0.25) is 0 Å². The number of benzene rings is 1. The first-order valence-corrected chi connectivity index (χ1v) is 6.20. The van der Waals surface area contributed by atoms with Crippen molar-refractivity contribution in [3.8, 4) is 5.75 Å². The highest BCUT2D eigenvalue weighted by Crippen LogP contribution is 2.23. The molecule has 0 saturated carbocycles. The Kier molecular flexibility index (Phi) is 4.18. The van der Waals surface area contributed by atoms with Gasteiger partial charge in [-0.05, 0) is 37.0 Å². The SMILES string of the molecule is Fc1cc(Br)ccc1OCC1CCOCC1. The molecule has 0 atom stereocenters. The molecule has 0 unspecified atom stereocenters. The molecule has 1 aliphatic rings. The van der Waals surface area contributed by atoms with Crippen molar-refractivity contribution in [2.24, 2.45) is 5.92 Å². The molecule has 0 N–H and O–H groups in total. The van der Waals surface area contributed by atoms with E-state index in [9.17, 15) is 4.39 Å². The molecule has 0 amide bonds. The summed E-state index contributed by atoms with van der Waals surface area (Å²) < 4.78 is 24.9. The van der Waals surface area contributed by atoms with Crippen LogP contribution in [0, 0.1) is 11.7 Å². The maximum absolute atomic E-state index is 13.4. The normalized spacial score (nSPS) is 17.4. The summed E-state index contributed by atoms with van der Waals surface area (Å²) >= 11 is 3.21. The average Bonchev–Trinajstić information content (AvgIpc) is 2.29. The molecular weight excluding hydrogens is 275 g/mol. The van der Waals surface area contributed by atoms with Gasteiger partial charge in [0.1, 0.15) is 0 Å². The van der Waals surface area contributed by atoms with Gasteiger partial charge in [0.15, 0.2) is 11.6 Å². The van der Waals surface area contributed by atoms with Gasteiger partial charge in [0.25, 0.3) is 0 Å². The lowest BCUT2D eigenvalue weighted by Crippen LogP contribution is -2.21. The predicted octanol–water partition coefficient (Wildman–Crippen LogP) is 3.39. The highest BCUT2D eigenvalue weighted by atomic mass is 79.9. The van der Waals surface area contributed by atoms with Crippen molar-refractivity contribution < 1.29 is 13.9 Å². The Morgan fingerprint density at radius 2 is 2.12 bits per heavy atom. The molecule has 4 heteroatoms. The maximum Gasteiger partial charge on any atom is 0.166 e. The zero-order valence-corrected chi connectivity index (χ0v) is 10.5. The van der Waals surface area contributed by atoms with Crippen LogP contribution in [0.5, 0.6) is 5.75 Å². The van der Waals surface area contributed by atoms with Crippen LogP contribution in [0.25, 0.3) is 0 Å². The minimum Gasteiger partial charge on any atom is -0.490 e. The van der Waals surface area contributed by atoms with Crippen LogP contribution >= 0.6 is 15.9 Å². The quantitative estimate of drug-likeness (QED) is 0.849. The molecule has 2 nitrogen and oxygen atoms in total. The van der Waals surface area contributed by atoms with Gasteiger partial charge in [-0.1, -0.05) is 15.9 Å². The summed E-state index contributed by atoms with van der Waals surface area (Å²) in [5, 5.41) is 0. The van der Waals surface area contributed by atoms with Crippen molar-refractivity contribution in [3.05, 3.63) is 28.5 Å². The molecular formula is C12H14BrFO2. The van der Waals surface area contributed by atoms with Gasteiger partial charge in [-0.15, -0.1) is 0 Å². The van der Waals surface area contributed by atoms with Gasteiger partial charge in [-0.2, -0.15) is 0 Å². The van der Waals surface area contributed by atoms with Crippen LogP contribution in [-0.4, -0.2) is 19.8 Å². The van der Waals surface area contributed by atoms with E-state index in [4.69, 9.17) is 9.47 Å². The first kappa shape index (κ1) is 11.9. The Balaban J connectivity index is 1.88. The first-order chi connectivity index (χ1) is 7.75. The van der Waals surface area contributed by atoms with Crippen molar-refractivity contribution in [3.63, 3.8) is 0 Å². The molecule has 88 valence electrons. The summed E-state index contributed by atoms with van der Waals surface area (Å²) in [5.41, 5.74) is 0. The molecule has 0 spiro atoms. The summed E-state index contributed by atoms with van der Waals surface area (Å²) in [4.78, 5) is 0.